The Labute approximate surface area is 183 Å². The summed E-state index contributed by atoms with van der Waals surface area (Å²) in [4.78, 5) is 41.3. The summed E-state index contributed by atoms with van der Waals surface area (Å²) in [6.45, 7) is -0.0885. The lowest BCUT2D eigenvalue weighted by molar-refractivity contribution is -0.116. The van der Waals surface area contributed by atoms with Crippen LogP contribution in [0.15, 0.2) is 72.6 Å². The van der Waals surface area contributed by atoms with Gasteiger partial charge in [0.15, 0.2) is 0 Å². The molecule has 0 radical (unpaired) electrons. The molecule has 1 aromatic carbocycles. The van der Waals surface area contributed by atoms with Gasteiger partial charge in [0.25, 0.3) is 5.56 Å². The van der Waals surface area contributed by atoms with Gasteiger partial charge in [-0.15, -0.1) is 0 Å². The van der Waals surface area contributed by atoms with Crippen LogP contribution in [0.1, 0.15) is 24.5 Å². The molecule has 4 aromatic rings. The molecule has 3 heterocycles. The van der Waals surface area contributed by atoms with Crippen LogP contribution in [0.4, 0.5) is 17.2 Å². The van der Waals surface area contributed by atoms with Gasteiger partial charge < -0.3 is 10.6 Å². The highest BCUT2D eigenvalue weighted by Crippen LogP contribution is 2.38. The highest BCUT2D eigenvalue weighted by Gasteiger charge is 2.25. The van der Waals surface area contributed by atoms with Gasteiger partial charge in [0, 0.05) is 41.8 Å². The molecule has 0 spiro atoms. The Morgan fingerprint density at radius 1 is 1.03 bits per heavy atom. The topological polar surface area (TPSA) is 120 Å². The lowest BCUT2D eigenvalue weighted by Gasteiger charge is -2.10. The molecule has 0 atom stereocenters. The van der Waals surface area contributed by atoms with Gasteiger partial charge in [0.05, 0.1) is 12.0 Å². The summed E-state index contributed by atoms with van der Waals surface area (Å²) in [7, 11) is 0. The molecule has 1 aliphatic rings. The number of imidazole rings is 1. The van der Waals surface area contributed by atoms with Crippen molar-refractivity contribution in [2.75, 3.05) is 10.6 Å². The number of anilines is 3. The molecule has 10 nitrogen and oxygen atoms in total. The average Bonchev–Trinajstić information content (AvgIpc) is 3.50. The Bertz CT molecular complexity index is 1290. The number of aromatic nitrogens is 6. The fourth-order valence-corrected chi connectivity index (χ4v) is 3.25. The van der Waals surface area contributed by atoms with E-state index in [0.717, 1.165) is 24.2 Å². The molecule has 1 fully saturated rings. The van der Waals surface area contributed by atoms with E-state index < -0.39 is 0 Å². The molecule has 0 aliphatic heterocycles. The van der Waals surface area contributed by atoms with E-state index in [1.54, 1.807) is 41.5 Å². The number of carbonyl (C=O) groups excluding carboxylic acids is 1. The van der Waals surface area contributed by atoms with Crippen molar-refractivity contribution in [3.63, 3.8) is 0 Å². The maximum atomic E-state index is 12.4. The summed E-state index contributed by atoms with van der Waals surface area (Å²) in [6, 6.07) is 10.5. The summed E-state index contributed by atoms with van der Waals surface area (Å²) < 4.78 is 3.09. The first-order valence-corrected chi connectivity index (χ1v) is 10.2. The second-order valence-corrected chi connectivity index (χ2v) is 7.54. The predicted octanol–water partition coefficient (Wildman–Crippen LogP) is 2.48. The molecule has 3 aromatic heterocycles. The van der Waals surface area contributed by atoms with Crippen LogP contribution in [0.3, 0.4) is 0 Å². The van der Waals surface area contributed by atoms with Crippen LogP contribution >= 0.6 is 0 Å². The minimum Gasteiger partial charge on any atom is -0.340 e. The van der Waals surface area contributed by atoms with Crippen molar-refractivity contribution < 1.29 is 4.79 Å². The Morgan fingerprint density at radius 3 is 2.56 bits per heavy atom. The zero-order valence-corrected chi connectivity index (χ0v) is 17.0. The summed E-state index contributed by atoms with van der Waals surface area (Å²) in [6.07, 6.45) is 10.2. The summed E-state index contributed by atoms with van der Waals surface area (Å²) >= 11 is 0. The smallest absolute Gasteiger partial charge is 0.254 e. The van der Waals surface area contributed by atoms with E-state index in [9.17, 15) is 9.59 Å². The standard InChI is InChI=1S/C22H20N8O2/c31-21(11-30-14-26-18(9-22(30)32)15-1-2-15)28-17-5-3-16(4-6-17)27-19-10-20(25-12-24-19)29-8-7-23-13-29/h3-10,12-15H,1-2,11H2,(H,28,31)(H,24,25,27). The predicted molar refractivity (Wildman–Crippen MR) is 118 cm³/mol. The van der Waals surface area contributed by atoms with E-state index in [1.807, 2.05) is 12.1 Å². The van der Waals surface area contributed by atoms with Crippen molar-refractivity contribution in [3.05, 3.63) is 83.8 Å². The van der Waals surface area contributed by atoms with Crippen molar-refractivity contribution in [1.29, 1.82) is 0 Å². The first-order valence-electron chi connectivity index (χ1n) is 10.2. The third-order valence-corrected chi connectivity index (χ3v) is 5.07. The van der Waals surface area contributed by atoms with Gasteiger partial charge in [0.1, 0.15) is 30.8 Å². The van der Waals surface area contributed by atoms with Gasteiger partial charge in [-0.1, -0.05) is 0 Å². The molecular weight excluding hydrogens is 408 g/mol. The van der Waals surface area contributed by atoms with Gasteiger partial charge in [0.2, 0.25) is 5.91 Å². The number of nitrogens with zero attached hydrogens (tertiary/aromatic N) is 6. The monoisotopic (exact) mass is 428 g/mol. The molecule has 2 N–H and O–H groups in total. The molecule has 10 heteroatoms. The maximum absolute atomic E-state index is 12.4. The van der Waals surface area contributed by atoms with Gasteiger partial charge in [-0.2, -0.15) is 0 Å². The number of carbonyl (C=O) groups is 1. The first-order chi connectivity index (χ1) is 15.6. The molecule has 1 amide bonds. The van der Waals surface area contributed by atoms with E-state index in [4.69, 9.17) is 0 Å². The van der Waals surface area contributed by atoms with Crippen LogP contribution in [-0.2, 0) is 11.3 Å². The van der Waals surface area contributed by atoms with Gasteiger partial charge >= 0.3 is 0 Å². The zero-order chi connectivity index (χ0) is 21.9. The Hall–Kier alpha value is -4.34. The molecule has 1 saturated carbocycles. The zero-order valence-electron chi connectivity index (χ0n) is 17.0. The fraction of sp³-hybridized carbons (Fsp3) is 0.182. The number of nitrogens with one attached hydrogen (secondary N) is 2. The van der Waals surface area contributed by atoms with E-state index in [2.05, 4.69) is 30.6 Å². The minimum atomic E-state index is -0.297. The van der Waals surface area contributed by atoms with Crippen LogP contribution in [-0.4, -0.2) is 35.0 Å². The van der Waals surface area contributed by atoms with Crippen molar-refractivity contribution >= 4 is 23.1 Å². The van der Waals surface area contributed by atoms with Crippen molar-refractivity contribution in [3.8, 4) is 5.82 Å². The van der Waals surface area contributed by atoms with Gasteiger partial charge in [-0.05, 0) is 37.1 Å². The van der Waals surface area contributed by atoms with E-state index in [1.165, 1.54) is 23.3 Å². The average molecular weight is 428 g/mol. The molecule has 1 aliphatic carbocycles. The SMILES string of the molecule is O=C(Cn1cnc(C2CC2)cc1=O)Nc1ccc(Nc2cc(-n3ccnc3)ncn2)cc1. The number of amides is 1. The third-order valence-electron chi connectivity index (χ3n) is 5.07. The Balaban J connectivity index is 1.20. The fourth-order valence-electron chi connectivity index (χ4n) is 3.25. The van der Waals surface area contributed by atoms with Gasteiger partial charge in [-0.3, -0.25) is 18.7 Å². The van der Waals surface area contributed by atoms with Crippen LogP contribution in [0.2, 0.25) is 0 Å². The lowest BCUT2D eigenvalue weighted by atomic mass is 10.2. The quantitative estimate of drug-likeness (QED) is 0.464. The molecule has 0 unspecified atom stereocenters. The third kappa shape index (κ3) is 4.53. The largest absolute Gasteiger partial charge is 0.340 e. The summed E-state index contributed by atoms with van der Waals surface area (Å²) in [5.41, 5.74) is 2.03. The summed E-state index contributed by atoms with van der Waals surface area (Å²) in [5.74, 6) is 1.42. The molecule has 5 rings (SSSR count). The molecule has 0 bridgehead atoms. The second-order valence-electron chi connectivity index (χ2n) is 7.54. The van der Waals surface area contributed by atoms with Crippen molar-refractivity contribution in [1.82, 2.24) is 29.1 Å². The maximum Gasteiger partial charge on any atom is 0.254 e. The molecular formula is C22H20N8O2. The molecule has 32 heavy (non-hydrogen) atoms. The van der Waals surface area contributed by atoms with Crippen LogP contribution in [0, 0.1) is 0 Å². The lowest BCUT2D eigenvalue weighted by Crippen LogP contribution is -2.27. The van der Waals surface area contributed by atoms with Crippen molar-refractivity contribution in [2.45, 2.75) is 25.3 Å². The Kier molecular flexibility index (Phi) is 5.16. The van der Waals surface area contributed by atoms with Crippen LogP contribution < -0.4 is 16.2 Å². The molecule has 160 valence electrons. The highest BCUT2D eigenvalue weighted by atomic mass is 16.2. The van der Waals surface area contributed by atoms with E-state index in [0.29, 0.717) is 23.2 Å². The van der Waals surface area contributed by atoms with Crippen LogP contribution in [0.25, 0.3) is 5.82 Å². The van der Waals surface area contributed by atoms with Crippen molar-refractivity contribution in [2.24, 2.45) is 0 Å². The number of hydrogen-bond acceptors (Lipinski definition) is 7. The number of benzene rings is 1. The van der Waals surface area contributed by atoms with Gasteiger partial charge in [-0.25, -0.2) is 19.9 Å². The van der Waals surface area contributed by atoms with E-state index >= 15 is 0 Å². The van der Waals surface area contributed by atoms with E-state index in [-0.39, 0.29) is 18.0 Å². The minimum absolute atomic E-state index is 0.0885. The highest BCUT2D eigenvalue weighted by molar-refractivity contribution is 5.90. The summed E-state index contributed by atoms with van der Waals surface area (Å²) in [5, 5.41) is 6.00. The molecule has 0 saturated heterocycles. The second kappa shape index (κ2) is 8.42. The number of rotatable bonds is 7. The Morgan fingerprint density at radius 2 is 1.84 bits per heavy atom. The first kappa shape index (κ1) is 19.6. The normalized spacial score (nSPS) is 13.0. The number of hydrogen-bond donors (Lipinski definition) is 2. The van der Waals surface area contributed by atoms with Crippen LogP contribution in [0.5, 0.6) is 0 Å².